The summed E-state index contributed by atoms with van der Waals surface area (Å²) in [4.78, 5) is 15.8. The van der Waals surface area contributed by atoms with Crippen LogP contribution < -0.4 is 0 Å². The van der Waals surface area contributed by atoms with Gasteiger partial charge in [0.25, 0.3) is 0 Å². The van der Waals surface area contributed by atoms with E-state index in [9.17, 15) is 18.3 Å². The van der Waals surface area contributed by atoms with Crippen molar-refractivity contribution < 1.29 is 18.3 Å². The Kier molecular flexibility index (Phi) is 4.85. The minimum Gasteiger partial charge on any atom is -0.389 e. The van der Waals surface area contributed by atoms with Crippen molar-refractivity contribution in [1.82, 2.24) is 9.80 Å². The molecule has 0 saturated carbocycles. The van der Waals surface area contributed by atoms with E-state index in [2.05, 4.69) is 0 Å². The highest BCUT2D eigenvalue weighted by molar-refractivity contribution is 7.90. The summed E-state index contributed by atoms with van der Waals surface area (Å²) in [5, 5.41) is 9.70. The van der Waals surface area contributed by atoms with Crippen LogP contribution in [0.3, 0.4) is 0 Å². The Morgan fingerprint density at radius 2 is 1.64 bits per heavy atom. The molecule has 4 rings (SSSR count). The number of likely N-dealkylation sites (tertiary alicyclic amines) is 2. The SMILES string of the molecule is CS(=O)(=O)c1cc(Cl)ccc1-c1ccc(C2CN(C(=O)N3CC(O)C3)C2)cc1. The highest BCUT2D eigenvalue weighted by atomic mass is 35.5. The maximum Gasteiger partial charge on any atom is 0.320 e. The predicted molar refractivity (Wildman–Crippen MR) is 107 cm³/mol. The van der Waals surface area contributed by atoms with Gasteiger partial charge in [0, 0.05) is 35.8 Å². The maximum atomic E-state index is 12.2. The normalized spacial score (nSPS) is 18.0. The highest BCUT2D eigenvalue weighted by Gasteiger charge is 2.38. The van der Waals surface area contributed by atoms with Gasteiger partial charge in [-0.2, -0.15) is 0 Å². The third-order valence-corrected chi connectivity index (χ3v) is 6.69. The molecule has 0 bridgehead atoms. The van der Waals surface area contributed by atoms with Crippen LogP contribution in [0.5, 0.6) is 0 Å². The molecule has 0 radical (unpaired) electrons. The molecule has 1 N–H and O–H groups in total. The first-order valence-electron chi connectivity index (χ1n) is 9.04. The van der Waals surface area contributed by atoms with Gasteiger partial charge >= 0.3 is 6.03 Å². The average Bonchev–Trinajstić information content (AvgIpc) is 2.57. The molecule has 2 aliphatic heterocycles. The van der Waals surface area contributed by atoms with E-state index in [1.807, 2.05) is 24.3 Å². The van der Waals surface area contributed by atoms with Gasteiger partial charge in [-0.05, 0) is 23.3 Å². The first-order valence-corrected chi connectivity index (χ1v) is 11.3. The van der Waals surface area contributed by atoms with Crippen molar-refractivity contribution in [2.45, 2.75) is 16.9 Å². The average molecular weight is 421 g/mol. The van der Waals surface area contributed by atoms with E-state index in [0.717, 1.165) is 11.1 Å². The van der Waals surface area contributed by atoms with E-state index in [1.54, 1.807) is 21.9 Å². The summed E-state index contributed by atoms with van der Waals surface area (Å²) in [5.41, 5.74) is 2.55. The summed E-state index contributed by atoms with van der Waals surface area (Å²) in [6.07, 6.45) is 0.784. The molecule has 2 saturated heterocycles. The summed E-state index contributed by atoms with van der Waals surface area (Å²) >= 11 is 5.97. The van der Waals surface area contributed by atoms with Gasteiger partial charge in [-0.1, -0.05) is 41.9 Å². The molecule has 0 aromatic heterocycles. The molecule has 0 unspecified atom stereocenters. The number of benzene rings is 2. The molecule has 0 aliphatic carbocycles. The zero-order chi connectivity index (χ0) is 20.1. The minimum absolute atomic E-state index is 0.0165. The minimum atomic E-state index is -3.40. The van der Waals surface area contributed by atoms with Crippen LogP contribution in [0.4, 0.5) is 4.79 Å². The fraction of sp³-hybridized carbons (Fsp3) is 0.350. The van der Waals surface area contributed by atoms with Crippen molar-refractivity contribution in [3.8, 4) is 11.1 Å². The van der Waals surface area contributed by atoms with Crippen LogP contribution in [0.25, 0.3) is 11.1 Å². The second-order valence-corrected chi connectivity index (χ2v) is 9.90. The molecule has 8 heteroatoms. The quantitative estimate of drug-likeness (QED) is 0.827. The van der Waals surface area contributed by atoms with E-state index in [4.69, 9.17) is 11.6 Å². The van der Waals surface area contributed by atoms with Crippen LogP contribution in [-0.2, 0) is 9.84 Å². The Labute approximate surface area is 169 Å². The van der Waals surface area contributed by atoms with Crippen molar-refractivity contribution in [2.75, 3.05) is 32.4 Å². The molecule has 2 amide bonds. The Morgan fingerprint density at radius 1 is 1.04 bits per heavy atom. The van der Waals surface area contributed by atoms with Gasteiger partial charge in [-0.25, -0.2) is 13.2 Å². The van der Waals surface area contributed by atoms with Gasteiger partial charge in [0.05, 0.1) is 24.1 Å². The predicted octanol–water partition coefficient (Wildman–Crippen LogP) is 2.61. The number of aliphatic hydroxyl groups excluding tert-OH is 1. The molecule has 2 aromatic rings. The number of nitrogens with zero attached hydrogens (tertiary/aromatic N) is 2. The van der Waals surface area contributed by atoms with Crippen molar-refractivity contribution in [1.29, 1.82) is 0 Å². The van der Waals surface area contributed by atoms with Crippen LogP contribution in [-0.4, -0.2) is 67.9 Å². The summed E-state index contributed by atoms with van der Waals surface area (Å²) in [5.74, 6) is 0.267. The maximum absolute atomic E-state index is 12.2. The molecule has 148 valence electrons. The Balaban J connectivity index is 1.47. The highest BCUT2D eigenvalue weighted by Crippen LogP contribution is 2.33. The third kappa shape index (κ3) is 3.62. The number of sulfone groups is 1. The van der Waals surface area contributed by atoms with Gasteiger partial charge in [-0.3, -0.25) is 0 Å². The van der Waals surface area contributed by atoms with E-state index in [-0.39, 0.29) is 16.8 Å². The van der Waals surface area contributed by atoms with E-state index >= 15 is 0 Å². The lowest BCUT2D eigenvalue weighted by Gasteiger charge is -2.45. The smallest absolute Gasteiger partial charge is 0.320 e. The number of rotatable bonds is 3. The van der Waals surface area contributed by atoms with Gasteiger partial charge in [0.2, 0.25) is 0 Å². The van der Waals surface area contributed by atoms with Gasteiger partial charge in [-0.15, -0.1) is 0 Å². The summed E-state index contributed by atoms with van der Waals surface area (Å²) < 4.78 is 24.2. The van der Waals surface area contributed by atoms with Crippen molar-refractivity contribution in [2.24, 2.45) is 0 Å². The zero-order valence-electron chi connectivity index (χ0n) is 15.4. The number of aliphatic hydroxyl groups is 1. The molecular weight excluding hydrogens is 400 g/mol. The lowest BCUT2D eigenvalue weighted by molar-refractivity contribution is 0.00674. The summed E-state index contributed by atoms with van der Waals surface area (Å²) in [6, 6.07) is 12.6. The Bertz CT molecular complexity index is 1010. The van der Waals surface area contributed by atoms with Crippen LogP contribution in [0.15, 0.2) is 47.4 Å². The Morgan fingerprint density at radius 3 is 2.21 bits per heavy atom. The lowest BCUT2D eigenvalue weighted by Crippen LogP contribution is -2.61. The number of hydrogen-bond donors (Lipinski definition) is 1. The zero-order valence-corrected chi connectivity index (χ0v) is 16.9. The van der Waals surface area contributed by atoms with Crippen LogP contribution in [0, 0.1) is 0 Å². The second-order valence-electron chi connectivity index (χ2n) is 7.48. The van der Waals surface area contributed by atoms with E-state index < -0.39 is 15.9 Å². The second kappa shape index (κ2) is 7.06. The van der Waals surface area contributed by atoms with Crippen LogP contribution in [0.2, 0.25) is 5.02 Å². The van der Waals surface area contributed by atoms with Crippen molar-refractivity contribution >= 4 is 27.5 Å². The number of halogens is 1. The standard InChI is InChI=1S/C20H21ClN2O4S/c1-28(26,27)19-8-16(21)6-7-18(19)14-4-2-13(3-5-14)15-9-22(10-15)20(25)23-11-17(24)12-23/h2-8,15,17,24H,9-12H2,1H3. The fourth-order valence-corrected chi connectivity index (χ4v) is 4.80. The summed E-state index contributed by atoms with van der Waals surface area (Å²) in [7, 11) is -3.40. The van der Waals surface area contributed by atoms with E-state index in [0.29, 0.717) is 36.8 Å². The number of carbonyl (C=O) groups excluding carboxylic acids is 1. The summed E-state index contributed by atoms with van der Waals surface area (Å²) in [6.45, 7) is 2.14. The van der Waals surface area contributed by atoms with Crippen molar-refractivity contribution in [3.05, 3.63) is 53.1 Å². The first-order chi connectivity index (χ1) is 13.2. The van der Waals surface area contributed by atoms with Gasteiger partial charge in [0.15, 0.2) is 9.84 Å². The molecular formula is C20H21ClN2O4S. The third-order valence-electron chi connectivity index (χ3n) is 5.32. The monoisotopic (exact) mass is 420 g/mol. The molecule has 28 heavy (non-hydrogen) atoms. The number of carbonyl (C=O) groups is 1. The molecule has 2 aliphatic rings. The Hall–Kier alpha value is -2.09. The van der Waals surface area contributed by atoms with E-state index in [1.165, 1.54) is 12.3 Å². The van der Waals surface area contributed by atoms with Crippen molar-refractivity contribution in [3.63, 3.8) is 0 Å². The molecule has 2 fully saturated rings. The molecule has 0 spiro atoms. The van der Waals surface area contributed by atoms with Gasteiger partial charge in [0.1, 0.15) is 0 Å². The van der Waals surface area contributed by atoms with Crippen LogP contribution in [0.1, 0.15) is 11.5 Å². The largest absolute Gasteiger partial charge is 0.389 e. The van der Waals surface area contributed by atoms with Crippen LogP contribution >= 0.6 is 11.6 Å². The first kappa shape index (κ1) is 19.2. The molecule has 6 nitrogen and oxygen atoms in total. The van der Waals surface area contributed by atoms with Gasteiger partial charge < -0.3 is 14.9 Å². The molecule has 0 atom stereocenters. The number of β-amino-alcohol motifs (C(OH)–C–C–N with tert-alkyl or cyclic N) is 1. The number of amides is 2. The molecule has 2 aromatic carbocycles. The number of urea groups is 1. The topological polar surface area (TPSA) is 77.9 Å². The fourth-order valence-electron chi connectivity index (χ4n) is 3.63. The number of hydrogen-bond acceptors (Lipinski definition) is 4. The lowest BCUT2D eigenvalue weighted by atomic mass is 9.90. The molecule has 2 heterocycles.